The summed E-state index contributed by atoms with van der Waals surface area (Å²) in [4.78, 5) is 37.2. The molecule has 0 unspecified atom stereocenters. The van der Waals surface area contributed by atoms with Crippen molar-refractivity contribution < 1.29 is 13.2 Å². The highest BCUT2D eigenvalue weighted by Gasteiger charge is 2.27. The summed E-state index contributed by atoms with van der Waals surface area (Å²) in [7, 11) is 0. The number of H-pyrrole nitrogens is 3. The van der Waals surface area contributed by atoms with Crippen molar-refractivity contribution in [3.05, 3.63) is 49.1 Å². The van der Waals surface area contributed by atoms with Crippen LogP contribution < -0.4 is 16.9 Å². The summed E-state index contributed by atoms with van der Waals surface area (Å²) in [5, 5.41) is 7.26. The van der Waals surface area contributed by atoms with Crippen molar-refractivity contribution in [2.24, 2.45) is 0 Å². The van der Waals surface area contributed by atoms with Crippen LogP contribution in [-0.2, 0) is 6.54 Å². The molecule has 0 amide bonds. The van der Waals surface area contributed by atoms with Crippen LogP contribution in [0.1, 0.15) is 6.42 Å². The Kier molecular flexibility index (Phi) is 4.83. The largest absolute Gasteiger partial charge is 0.390 e. The number of fused-ring (bicyclic) bond motifs is 1. The van der Waals surface area contributed by atoms with Gasteiger partial charge in [-0.05, 0) is 11.4 Å². The highest BCUT2D eigenvalue weighted by Crippen LogP contribution is 2.22. The van der Waals surface area contributed by atoms with Crippen molar-refractivity contribution in [3.8, 4) is 0 Å². The van der Waals surface area contributed by atoms with E-state index >= 15 is 0 Å². The Hall–Kier alpha value is -2.63. The van der Waals surface area contributed by atoms with E-state index in [9.17, 15) is 27.6 Å². The molecule has 0 saturated heterocycles. The van der Waals surface area contributed by atoms with Crippen LogP contribution >= 0.6 is 11.3 Å². The normalized spacial score (nSPS) is 11.3. The van der Waals surface area contributed by atoms with Crippen LogP contribution in [0.3, 0.4) is 0 Å². The molecule has 0 aliphatic heterocycles. The van der Waals surface area contributed by atoms with Crippen LogP contribution in [0.15, 0.2) is 32.2 Å². The van der Waals surface area contributed by atoms with Crippen molar-refractivity contribution in [3.63, 3.8) is 0 Å². The van der Waals surface area contributed by atoms with E-state index in [1.165, 1.54) is 12.4 Å². The Labute approximate surface area is 128 Å². The molecule has 8 nitrogen and oxygen atoms in total. The highest BCUT2D eigenvalue weighted by atomic mass is 32.1. The van der Waals surface area contributed by atoms with Crippen LogP contribution in [0.2, 0.25) is 0 Å². The molecule has 0 aromatic carbocycles. The molecule has 3 rings (SSSR count). The summed E-state index contributed by atoms with van der Waals surface area (Å²) in [5.74, 6) is 0. The molecular weight excluding hydrogens is 339 g/mol. The topological polar surface area (TPSA) is 116 Å². The molecule has 0 spiro atoms. The molecule has 124 valence electrons. The van der Waals surface area contributed by atoms with Crippen molar-refractivity contribution in [1.82, 2.24) is 24.7 Å². The summed E-state index contributed by atoms with van der Waals surface area (Å²) in [6.45, 7) is -0.490. The van der Waals surface area contributed by atoms with Gasteiger partial charge in [0.1, 0.15) is 11.2 Å². The number of rotatable bonds is 2. The lowest BCUT2D eigenvalue weighted by atomic mass is 10.4. The number of hydrogen-bond donors (Lipinski definition) is 3. The molecule has 0 atom stereocenters. The Morgan fingerprint density at radius 3 is 2.52 bits per heavy atom. The standard InChI is InChI=1S/C9H7F3N2O2S.C2H3N3O/c10-9(11,12)2-3-14-7-5(1-4-17-7)6(15)13-8(14)16;6-2-3-1-4-5-2/h1,4H,2-3H2,(H,13,15,16);1H,(H2,3,4,5,6). The number of hydrogen-bond acceptors (Lipinski definition) is 5. The van der Waals surface area contributed by atoms with E-state index in [1.807, 2.05) is 4.98 Å². The number of alkyl halides is 3. The third kappa shape index (κ3) is 4.42. The Balaban J connectivity index is 0.000000268. The molecule has 0 bridgehead atoms. The fourth-order valence-corrected chi connectivity index (χ4v) is 2.59. The quantitative estimate of drug-likeness (QED) is 0.634. The average Bonchev–Trinajstić information content (AvgIpc) is 3.09. The van der Waals surface area contributed by atoms with Crippen molar-refractivity contribution in [1.29, 1.82) is 0 Å². The number of nitrogens with zero attached hydrogens (tertiary/aromatic N) is 2. The van der Waals surface area contributed by atoms with Crippen molar-refractivity contribution >= 4 is 21.6 Å². The molecule has 0 aliphatic rings. The maximum Gasteiger partial charge on any atom is 0.390 e. The average molecular weight is 349 g/mol. The van der Waals surface area contributed by atoms with E-state index in [0.717, 1.165) is 15.9 Å². The zero-order valence-corrected chi connectivity index (χ0v) is 12.1. The van der Waals surface area contributed by atoms with Gasteiger partial charge < -0.3 is 0 Å². The van der Waals surface area contributed by atoms with Crippen molar-refractivity contribution in [2.75, 3.05) is 0 Å². The third-order valence-corrected chi connectivity index (χ3v) is 3.58. The van der Waals surface area contributed by atoms with Gasteiger partial charge in [0.15, 0.2) is 0 Å². The minimum absolute atomic E-state index is 0.233. The predicted molar refractivity (Wildman–Crippen MR) is 76.6 cm³/mol. The highest BCUT2D eigenvalue weighted by molar-refractivity contribution is 7.16. The summed E-state index contributed by atoms with van der Waals surface area (Å²) in [5.41, 5.74) is -1.65. The maximum absolute atomic E-state index is 12.1. The summed E-state index contributed by atoms with van der Waals surface area (Å²) < 4.78 is 37.2. The van der Waals surface area contributed by atoms with Gasteiger partial charge in [0.2, 0.25) is 0 Å². The lowest BCUT2D eigenvalue weighted by Crippen LogP contribution is -2.30. The van der Waals surface area contributed by atoms with E-state index in [1.54, 1.807) is 5.38 Å². The maximum atomic E-state index is 12.1. The predicted octanol–water partition coefficient (Wildman–Crippen LogP) is 0.802. The van der Waals surface area contributed by atoms with Gasteiger partial charge in [0.05, 0.1) is 11.8 Å². The zero-order chi connectivity index (χ0) is 17.0. The smallest absolute Gasteiger partial charge is 0.296 e. The van der Waals surface area contributed by atoms with Gasteiger partial charge in [-0.3, -0.25) is 19.3 Å². The molecular formula is C11H10F3N5O3S. The lowest BCUT2D eigenvalue weighted by molar-refractivity contribution is -0.136. The minimum atomic E-state index is -4.33. The van der Waals surface area contributed by atoms with Gasteiger partial charge >= 0.3 is 17.6 Å². The zero-order valence-electron chi connectivity index (χ0n) is 11.3. The van der Waals surface area contributed by atoms with Crippen LogP contribution in [-0.4, -0.2) is 30.9 Å². The second-order valence-electron chi connectivity index (χ2n) is 4.26. The number of halogens is 3. The number of nitrogens with one attached hydrogen (secondary N) is 3. The Morgan fingerprint density at radius 1 is 1.26 bits per heavy atom. The van der Waals surface area contributed by atoms with E-state index in [0.29, 0.717) is 0 Å². The molecule has 23 heavy (non-hydrogen) atoms. The number of aromatic amines is 3. The molecule has 3 aromatic heterocycles. The van der Waals surface area contributed by atoms with Crippen LogP contribution in [0.4, 0.5) is 13.2 Å². The summed E-state index contributed by atoms with van der Waals surface area (Å²) in [6.07, 6.45) is -4.15. The second kappa shape index (κ2) is 6.64. The van der Waals surface area contributed by atoms with E-state index in [2.05, 4.69) is 15.2 Å². The minimum Gasteiger partial charge on any atom is -0.296 e. The van der Waals surface area contributed by atoms with E-state index in [4.69, 9.17) is 0 Å². The summed E-state index contributed by atoms with van der Waals surface area (Å²) in [6, 6.07) is 1.47. The first-order valence-electron chi connectivity index (χ1n) is 6.13. The van der Waals surface area contributed by atoms with Gasteiger partial charge in [-0.25, -0.2) is 14.7 Å². The molecule has 3 aromatic rings. The fourth-order valence-electron chi connectivity index (χ4n) is 1.66. The lowest BCUT2D eigenvalue weighted by Gasteiger charge is -2.08. The number of aromatic nitrogens is 5. The van der Waals surface area contributed by atoms with Crippen molar-refractivity contribution in [2.45, 2.75) is 19.1 Å². The Morgan fingerprint density at radius 2 is 2.00 bits per heavy atom. The van der Waals surface area contributed by atoms with Gasteiger partial charge in [-0.2, -0.15) is 18.3 Å². The molecule has 0 fully saturated rings. The molecule has 0 saturated carbocycles. The number of aryl methyl sites for hydroxylation is 1. The first-order chi connectivity index (χ1) is 10.8. The fraction of sp³-hybridized carbons (Fsp3) is 0.273. The Bertz CT molecular complexity index is 932. The van der Waals surface area contributed by atoms with E-state index in [-0.39, 0.29) is 15.9 Å². The number of thiophene rings is 1. The SMILES string of the molecule is O=c1[nH]c(=O)n(CCC(F)(F)F)c2sccc12.O=c1[nH]cn[nH]1. The van der Waals surface area contributed by atoms with Crippen LogP contribution in [0, 0.1) is 0 Å². The third-order valence-electron chi connectivity index (χ3n) is 2.65. The second-order valence-corrected chi connectivity index (χ2v) is 5.15. The van der Waals surface area contributed by atoms with Gasteiger partial charge in [-0.15, -0.1) is 11.3 Å². The first kappa shape index (κ1) is 16.7. The monoisotopic (exact) mass is 349 g/mol. The van der Waals surface area contributed by atoms with Crippen LogP contribution in [0.5, 0.6) is 0 Å². The van der Waals surface area contributed by atoms with Gasteiger partial charge in [0, 0.05) is 6.54 Å². The van der Waals surface area contributed by atoms with Crippen LogP contribution in [0.25, 0.3) is 10.2 Å². The molecule has 0 radical (unpaired) electrons. The first-order valence-corrected chi connectivity index (χ1v) is 7.01. The summed E-state index contributed by atoms with van der Waals surface area (Å²) >= 11 is 1.07. The molecule has 3 N–H and O–H groups in total. The van der Waals surface area contributed by atoms with Gasteiger partial charge in [0.25, 0.3) is 5.56 Å². The molecule has 12 heteroatoms. The molecule has 0 aliphatic carbocycles. The molecule has 3 heterocycles. The van der Waals surface area contributed by atoms with Gasteiger partial charge in [-0.1, -0.05) is 0 Å². The van der Waals surface area contributed by atoms with E-state index < -0.39 is 30.4 Å².